The second kappa shape index (κ2) is 34.2. The van der Waals surface area contributed by atoms with E-state index >= 15 is 0 Å². The maximum atomic E-state index is 6.61. The van der Waals surface area contributed by atoms with Crippen molar-refractivity contribution >= 4 is 184 Å². The molecule has 150 heavy (non-hydrogen) atoms. The highest BCUT2D eigenvalue weighted by Gasteiger charge is 2.37. The molecule has 31 aromatic rings. The summed E-state index contributed by atoms with van der Waals surface area (Å²) < 4.78 is 24.6. The monoisotopic (exact) mass is 1940 g/mol. The molecule has 0 saturated heterocycles. The molecule has 0 fully saturated rings. The van der Waals surface area contributed by atoms with Crippen LogP contribution < -0.4 is 0 Å². The normalized spacial score (nSPS) is 12.4. The lowest BCUT2D eigenvalue weighted by atomic mass is 9.82. The zero-order chi connectivity index (χ0) is 98.9. The zero-order valence-corrected chi connectivity index (χ0v) is 81.9. The standard InChI is InChI=1S/C50H34N4.C44H25N3O2.C41H25N5S/c1-50(2)43-19-11-10-18-39(43)41-30-46-42(29-44(41)50)40-25-24-36(31-12-4-3-5-13-31)28-45(40)54(46)49-52-47(37-22-20-32-14-6-8-16-34(32)26-37)51-48(53-49)38-23-21-33-15-7-9-17-35(33)27-38;1-2-11-26(12-3-1)27-21-22-33-37(25-27)47(36-24-23-31-29-14-6-9-20-39(29)49-43(31)40(33)36)44-45-35-18-7-4-15-32(35)41(46-44)34-17-10-16-30-28-13-5-8-19-38(28)48-42(30)34;1-2-13-28(14-3-1)45-35-19-8-6-17-33(35)43-40(45)27-12-10-11-26(25-27)32-23-24-42-41(44-32)46-34-18-7-4-16-31(34)38-36(46)22-21-30-29-15-5-9-20-37(29)47-39(30)38/h3-30H,1-2H3;1-25H;1-25H. The van der Waals surface area contributed by atoms with Crippen molar-refractivity contribution in [1.29, 1.82) is 0 Å². The van der Waals surface area contributed by atoms with Crippen molar-refractivity contribution < 1.29 is 8.83 Å². The summed E-state index contributed by atoms with van der Waals surface area (Å²) in [6.45, 7) is 4.68. The second-order valence-electron chi connectivity index (χ2n) is 39.2. The molecule has 10 heterocycles. The van der Waals surface area contributed by atoms with E-state index < -0.39 is 0 Å². The van der Waals surface area contributed by atoms with Gasteiger partial charge < -0.3 is 8.83 Å². The first kappa shape index (κ1) is 85.8. The topological polar surface area (TPSA) is 149 Å². The summed E-state index contributed by atoms with van der Waals surface area (Å²) in [5, 5.41) is 19.5. The quantitative estimate of drug-likeness (QED) is 0.122. The fraction of sp³-hybridized carbons (Fsp3) is 0.0222. The average Bonchev–Trinajstić information content (AvgIpc) is 1.55. The molecule has 15 heteroatoms. The van der Waals surface area contributed by atoms with Crippen LogP contribution in [-0.2, 0) is 5.41 Å². The molecule has 10 aromatic heterocycles. The number of hydrogen-bond acceptors (Lipinski definition) is 11. The first-order valence-corrected chi connectivity index (χ1v) is 51.4. The molecule has 14 nitrogen and oxygen atoms in total. The van der Waals surface area contributed by atoms with Gasteiger partial charge in [0.05, 0.1) is 66.4 Å². The van der Waals surface area contributed by atoms with Crippen molar-refractivity contribution in [3.05, 3.63) is 484 Å². The van der Waals surface area contributed by atoms with Gasteiger partial charge in [-0.2, -0.15) is 9.97 Å². The van der Waals surface area contributed by atoms with Gasteiger partial charge in [-0.3, -0.25) is 18.3 Å². The van der Waals surface area contributed by atoms with Crippen LogP contribution in [0.2, 0.25) is 0 Å². The van der Waals surface area contributed by atoms with Gasteiger partial charge in [-0.1, -0.05) is 354 Å². The van der Waals surface area contributed by atoms with Crippen molar-refractivity contribution in [2.75, 3.05) is 0 Å². The molecule has 1 aliphatic carbocycles. The second-order valence-corrected chi connectivity index (χ2v) is 40.2. The summed E-state index contributed by atoms with van der Waals surface area (Å²) in [7, 11) is 0. The van der Waals surface area contributed by atoms with Gasteiger partial charge in [-0.15, -0.1) is 11.3 Å². The molecule has 1 aliphatic rings. The Hall–Kier alpha value is -19.7. The van der Waals surface area contributed by atoms with E-state index in [4.69, 9.17) is 48.7 Å². The highest BCUT2D eigenvalue weighted by atomic mass is 32.1. The Labute approximate surface area is 862 Å². The van der Waals surface area contributed by atoms with Crippen molar-refractivity contribution in [3.63, 3.8) is 0 Å². The summed E-state index contributed by atoms with van der Waals surface area (Å²) in [6.07, 6.45) is 1.86. The number of para-hydroxylation sites is 8. The molecular weight excluding hydrogens is 1850 g/mol. The van der Waals surface area contributed by atoms with Gasteiger partial charge in [0.1, 0.15) is 28.2 Å². The van der Waals surface area contributed by atoms with E-state index in [1.54, 1.807) is 0 Å². The number of benzene rings is 21. The fourth-order valence-electron chi connectivity index (χ4n) is 23.2. The largest absolute Gasteiger partial charge is 0.455 e. The molecule has 0 radical (unpaired) electrons. The lowest BCUT2D eigenvalue weighted by Gasteiger charge is -2.21. The number of aromatic nitrogens is 12. The third-order valence-electron chi connectivity index (χ3n) is 30.3. The van der Waals surface area contributed by atoms with Gasteiger partial charge in [0.25, 0.3) is 0 Å². The maximum absolute atomic E-state index is 6.61. The summed E-state index contributed by atoms with van der Waals surface area (Å²) in [6, 6.07) is 164. The molecule has 32 rings (SSSR count). The van der Waals surface area contributed by atoms with Crippen LogP contribution >= 0.6 is 11.3 Å². The summed E-state index contributed by atoms with van der Waals surface area (Å²) >= 11 is 1.85. The molecule has 0 saturated carbocycles. The van der Waals surface area contributed by atoms with Gasteiger partial charge in [0.15, 0.2) is 11.6 Å². The number of furan rings is 2. The number of rotatable bonds is 11. The van der Waals surface area contributed by atoms with Gasteiger partial charge >= 0.3 is 0 Å². The van der Waals surface area contributed by atoms with Crippen LogP contribution in [0.1, 0.15) is 25.0 Å². The molecule has 702 valence electrons. The highest BCUT2D eigenvalue weighted by molar-refractivity contribution is 7.26. The van der Waals surface area contributed by atoms with Crippen LogP contribution in [0, 0.1) is 0 Å². The zero-order valence-electron chi connectivity index (χ0n) is 81.1. The predicted molar refractivity (Wildman–Crippen MR) is 617 cm³/mol. The number of fused-ring (bicyclic) bond motifs is 27. The number of thiophene rings is 1. The summed E-state index contributed by atoms with van der Waals surface area (Å²) in [5.74, 6) is 3.99. The molecule has 0 atom stereocenters. The van der Waals surface area contributed by atoms with E-state index in [-0.39, 0.29) is 5.41 Å². The molecule has 21 aromatic carbocycles. The molecule has 0 spiro atoms. The summed E-state index contributed by atoms with van der Waals surface area (Å²) in [4.78, 5) is 41.7. The van der Waals surface area contributed by atoms with Crippen LogP contribution in [0.15, 0.2) is 482 Å². The van der Waals surface area contributed by atoms with E-state index in [1.807, 2.05) is 84.3 Å². The minimum absolute atomic E-state index is 0.127. The van der Waals surface area contributed by atoms with Crippen molar-refractivity contribution in [3.8, 4) is 114 Å². The third kappa shape index (κ3) is 13.9. The Morgan fingerprint density at radius 2 is 0.753 bits per heavy atom. The first-order valence-electron chi connectivity index (χ1n) is 50.6. The Bertz CT molecular complexity index is 10900. The Morgan fingerprint density at radius 3 is 1.48 bits per heavy atom. The molecule has 0 bridgehead atoms. The average molecular weight is 1940 g/mol. The summed E-state index contributed by atoms with van der Waals surface area (Å²) in [5.41, 5.74) is 29.9. The van der Waals surface area contributed by atoms with Crippen molar-refractivity contribution in [2.24, 2.45) is 0 Å². The Balaban J connectivity index is 0.000000104. The van der Waals surface area contributed by atoms with E-state index in [2.05, 4.69) is 432 Å². The van der Waals surface area contributed by atoms with E-state index in [0.29, 0.717) is 29.5 Å². The van der Waals surface area contributed by atoms with Crippen molar-refractivity contribution in [2.45, 2.75) is 19.3 Å². The Morgan fingerprint density at radius 1 is 0.247 bits per heavy atom. The predicted octanol–water partition coefficient (Wildman–Crippen LogP) is 35.1. The van der Waals surface area contributed by atoms with Gasteiger partial charge in [-0.05, 0) is 193 Å². The molecule has 0 N–H and O–H groups in total. The SMILES string of the molecule is CC1(C)c2ccccc2-c2cc3c(cc21)c1ccc(-c2ccccc2)cc1n3-c1nc(-c2ccc3ccccc3c2)nc(-c2ccc3ccccc3c2)n1.c1ccc(-c2ccc3c4c5oc6ccccc6c5ccc4n(-c4nc(-c5cccc6c5oc5ccccc56)c5ccccc5n4)c3c2)cc1.c1ccc(-n2c(-c3cccc(-c4ccnc(-n5c6ccccc6c6c7sc8ccccc8c7ccc65)n4)c3)nc3ccccc32)cc1. The number of imidazole rings is 1. The highest BCUT2D eigenvalue weighted by Crippen LogP contribution is 2.53. The number of hydrogen-bond donors (Lipinski definition) is 0. The van der Waals surface area contributed by atoms with E-state index in [9.17, 15) is 0 Å². The van der Waals surface area contributed by atoms with Gasteiger partial charge in [0.2, 0.25) is 17.8 Å². The first-order chi connectivity index (χ1) is 74.1. The maximum Gasteiger partial charge on any atom is 0.238 e. The smallest absolute Gasteiger partial charge is 0.238 e. The lowest BCUT2D eigenvalue weighted by molar-refractivity contribution is 0.661. The van der Waals surface area contributed by atoms with Crippen LogP contribution in [0.25, 0.3) is 287 Å². The van der Waals surface area contributed by atoms with E-state index in [0.717, 1.165) is 193 Å². The molecule has 0 amide bonds. The molecule has 0 aliphatic heterocycles. The fourth-order valence-corrected chi connectivity index (χ4v) is 24.4. The van der Waals surface area contributed by atoms with E-state index in [1.165, 1.54) is 74.7 Å². The minimum atomic E-state index is -0.127. The van der Waals surface area contributed by atoms with Crippen LogP contribution in [0.4, 0.5) is 0 Å². The molecular formula is C135H84N12O2S. The van der Waals surface area contributed by atoms with Crippen molar-refractivity contribution in [1.82, 2.24) is 58.1 Å². The Kier molecular flexibility index (Phi) is 19.6. The third-order valence-corrected chi connectivity index (χ3v) is 31.5. The van der Waals surface area contributed by atoms with Crippen LogP contribution in [0.5, 0.6) is 0 Å². The lowest BCUT2D eigenvalue weighted by Crippen LogP contribution is -2.14. The van der Waals surface area contributed by atoms with Gasteiger partial charge in [-0.25, -0.2) is 29.9 Å². The molecule has 0 unspecified atom stereocenters. The minimum Gasteiger partial charge on any atom is -0.455 e. The number of nitrogens with zero attached hydrogens (tertiary/aromatic N) is 12. The van der Waals surface area contributed by atoms with Crippen LogP contribution in [0.3, 0.4) is 0 Å². The van der Waals surface area contributed by atoms with Crippen LogP contribution in [-0.4, -0.2) is 58.1 Å². The van der Waals surface area contributed by atoms with Gasteiger partial charge in [0, 0.05) is 119 Å².